The molecule has 0 radical (unpaired) electrons. The molecule has 0 aliphatic heterocycles. The van der Waals surface area contributed by atoms with Crippen molar-refractivity contribution in [2.45, 2.75) is 19.9 Å². The molecule has 0 aliphatic rings. The number of nitrogens with zero attached hydrogens (tertiary/aromatic N) is 3. The fourth-order valence-corrected chi connectivity index (χ4v) is 2.94. The average molecular weight is 300 g/mol. The average Bonchev–Trinajstić information content (AvgIpc) is 2.44. The minimum absolute atomic E-state index is 0.327. The molecule has 0 aromatic carbocycles. The topological polar surface area (TPSA) is 65.5 Å². The van der Waals surface area contributed by atoms with Crippen molar-refractivity contribution in [3.05, 3.63) is 30.1 Å². The molecular formula is C13H24N4O2S. The van der Waals surface area contributed by atoms with Crippen molar-refractivity contribution in [3.63, 3.8) is 0 Å². The Labute approximate surface area is 122 Å². The van der Waals surface area contributed by atoms with Crippen LogP contribution in [0.5, 0.6) is 0 Å². The first-order chi connectivity index (χ1) is 9.48. The maximum atomic E-state index is 12.3. The third-order valence-corrected chi connectivity index (χ3v) is 4.88. The van der Waals surface area contributed by atoms with Crippen LogP contribution in [0.25, 0.3) is 0 Å². The second-order valence-electron chi connectivity index (χ2n) is 4.65. The Kier molecular flexibility index (Phi) is 7.08. The number of pyridine rings is 1. The Bertz CT molecular complexity index is 478. The van der Waals surface area contributed by atoms with Gasteiger partial charge in [0.15, 0.2) is 0 Å². The van der Waals surface area contributed by atoms with Gasteiger partial charge in [-0.1, -0.05) is 13.0 Å². The summed E-state index contributed by atoms with van der Waals surface area (Å²) in [6, 6.07) is 3.67. The van der Waals surface area contributed by atoms with Crippen LogP contribution in [-0.2, 0) is 16.8 Å². The molecule has 0 spiro atoms. The summed E-state index contributed by atoms with van der Waals surface area (Å²) in [6.07, 6.45) is 4.15. The van der Waals surface area contributed by atoms with Crippen LogP contribution in [0.1, 0.15) is 18.9 Å². The van der Waals surface area contributed by atoms with Crippen molar-refractivity contribution in [1.29, 1.82) is 0 Å². The normalized spacial score (nSPS) is 12.2. The zero-order valence-electron chi connectivity index (χ0n) is 12.4. The summed E-state index contributed by atoms with van der Waals surface area (Å²) in [6.45, 7) is 4.59. The van der Waals surface area contributed by atoms with E-state index >= 15 is 0 Å². The van der Waals surface area contributed by atoms with Crippen LogP contribution >= 0.6 is 0 Å². The van der Waals surface area contributed by atoms with E-state index in [1.54, 1.807) is 32.6 Å². The van der Waals surface area contributed by atoms with Gasteiger partial charge in [-0.05, 0) is 31.1 Å². The Morgan fingerprint density at radius 2 is 2.05 bits per heavy atom. The van der Waals surface area contributed by atoms with E-state index in [9.17, 15) is 8.42 Å². The summed E-state index contributed by atoms with van der Waals surface area (Å²) in [5, 5.41) is 3.18. The summed E-state index contributed by atoms with van der Waals surface area (Å²) in [5.41, 5.74) is 0.875. The zero-order chi connectivity index (χ0) is 15.0. The van der Waals surface area contributed by atoms with Crippen molar-refractivity contribution in [1.82, 2.24) is 18.9 Å². The van der Waals surface area contributed by atoms with Gasteiger partial charge in [0, 0.05) is 39.6 Å². The molecule has 1 aromatic heterocycles. The van der Waals surface area contributed by atoms with Gasteiger partial charge in [0.25, 0.3) is 10.2 Å². The number of hydrogen-bond acceptors (Lipinski definition) is 4. The number of aromatic nitrogens is 1. The van der Waals surface area contributed by atoms with Crippen molar-refractivity contribution >= 4 is 10.2 Å². The van der Waals surface area contributed by atoms with Crippen LogP contribution < -0.4 is 5.32 Å². The third-order valence-electron chi connectivity index (χ3n) is 2.99. The smallest absolute Gasteiger partial charge is 0.281 e. The molecule has 1 rings (SSSR count). The largest absolute Gasteiger partial charge is 0.317 e. The van der Waals surface area contributed by atoms with Crippen LogP contribution in [0.15, 0.2) is 24.5 Å². The molecule has 1 N–H and O–H groups in total. The highest BCUT2D eigenvalue weighted by atomic mass is 32.2. The lowest BCUT2D eigenvalue weighted by atomic mass is 10.3. The molecule has 6 nitrogen and oxygen atoms in total. The molecule has 20 heavy (non-hydrogen) atoms. The second-order valence-corrected chi connectivity index (χ2v) is 6.80. The van der Waals surface area contributed by atoms with Gasteiger partial charge in [-0.15, -0.1) is 0 Å². The summed E-state index contributed by atoms with van der Waals surface area (Å²) >= 11 is 0. The first-order valence-corrected chi connectivity index (χ1v) is 8.15. The highest BCUT2D eigenvalue weighted by molar-refractivity contribution is 7.86. The van der Waals surface area contributed by atoms with Crippen LogP contribution in [0, 0.1) is 0 Å². The quantitative estimate of drug-likeness (QED) is 0.682. The van der Waals surface area contributed by atoms with Gasteiger partial charge >= 0.3 is 0 Å². The lowest BCUT2D eigenvalue weighted by molar-refractivity contribution is 0.384. The summed E-state index contributed by atoms with van der Waals surface area (Å²) in [4.78, 5) is 3.99. The van der Waals surface area contributed by atoms with E-state index in [1.807, 2.05) is 13.0 Å². The molecule has 0 bridgehead atoms. The van der Waals surface area contributed by atoms with Gasteiger partial charge in [-0.2, -0.15) is 17.0 Å². The molecule has 114 valence electrons. The maximum Gasteiger partial charge on any atom is 0.281 e. The third kappa shape index (κ3) is 5.16. The van der Waals surface area contributed by atoms with Crippen molar-refractivity contribution in [2.75, 3.05) is 33.7 Å². The monoisotopic (exact) mass is 300 g/mol. The Morgan fingerprint density at radius 1 is 1.30 bits per heavy atom. The Hall–Kier alpha value is -1.02. The minimum Gasteiger partial charge on any atom is -0.317 e. The SMILES string of the molecule is CCNCCCN(C)S(=O)(=O)N(C)Cc1cccnc1. The fourth-order valence-electron chi connectivity index (χ4n) is 1.79. The summed E-state index contributed by atoms with van der Waals surface area (Å²) in [5.74, 6) is 0. The van der Waals surface area contributed by atoms with Crippen molar-refractivity contribution < 1.29 is 8.42 Å². The van der Waals surface area contributed by atoms with Gasteiger partial charge in [-0.3, -0.25) is 4.98 Å². The van der Waals surface area contributed by atoms with E-state index in [1.165, 1.54) is 8.61 Å². The Balaban J connectivity index is 2.53. The standard InChI is InChI=1S/C13H24N4O2S/c1-4-14-9-6-10-16(2)20(18,19)17(3)12-13-7-5-8-15-11-13/h5,7-8,11,14H,4,6,9-10,12H2,1-3H3. The molecule has 0 fully saturated rings. The van der Waals surface area contributed by atoms with Crippen LogP contribution in [0.3, 0.4) is 0 Å². The van der Waals surface area contributed by atoms with Gasteiger partial charge < -0.3 is 5.32 Å². The summed E-state index contributed by atoms with van der Waals surface area (Å²) in [7, 11) is -0.215. The zero-order valence-corrected chi connectivity index (χ0v) is 13.2. The van der Waals surface area contributed by atoms with Gasteiger partial charge in [0.05, 0.1) is 0 Å². The predicted octanol–water partition coefficient (Wildman–Crippen LogP) is 0.690. The predicted molar refractivity (Wildman–Crippen MR) is 80.4 cm³/mol. The molecule has 0 aliphatic carbocycles. The van der Waals surface area contributed by atoms with E-state index in [2.05, 4.69) is 10.3 Å². The van der Waals surface area contributed by atoms with Gasteiger partial charge in [0.1, 0.15) is 0 Å². The van der Waals surface area contributed by atoms with E-state index in [4.69, 9.17) is 0 Å². The van der Waals surface area contributed by atoms with Crippen LogP contribution in [0.4, 0.5) is 0 Å². The lowest BCUT2D eigenvalue weighted by Gasteiger charge is -2.24. The first kappa shape index (κ1) is 17.0. The maximum absolute atomic E-state index is 12.3. The molecule has 1 heterocycles. The molecule has 0 amide bonds. The molecule has 7 heteroatoms. The molecule has 0 saturated heterocycles. The minimum atomic E-state index is -3.41. The number of nitrogens with one attached hydrogen (secondary N) is 1. The molecule has 0 atom stereocenters. The van der Waals surface area contributed by atoms with E-state index in [0.29, 0.717) is 13.1 Å². The van der Waals surface area contributed by atoms with E-state index in [0.717, 1.165) is 25.1 Å². The lowest BCUT2D eigenvalue weighted by Crippen LogP contribution is -2.40. The van der Waals surface area contributed by atoms with Crippen molar-refractivity contribution in [2.24, 2.45) is 0 Å². The summed E-state index contributed by atoms with van der Waals surface area (Å²) < 4.78 is 27.4. The molecular weight excluding hydrogens is 276 g/mol. The fraction of sp³-hybridized carbons (Fsp3) is 0.615. The highest BCUT2D eigenvalue weighted by Crippen LogP contribution is 2.09. The first-order valence-electron chi connectivity index (χ1n) is 6.75. The molecule has 0 saturated carbocycles. The van der Waals surface area contributed by atoms with Gasteiger partial charge in [-0.25, -0.2) is 0 Å². The molecule has 0 unspecified atom stereocenters. The molecule has 1 aromatic rings. The number of rotatable bonds is 9. The van der Waals surface area contributed by atoms with Gasteiger partial charge in [0.2, 0.25) is 0 Å². The second kappa shape index (κ2) is 8.31. The van der Waals surface area contributed by atoms with Crippen LogP contribution in [-0.4, -0.2) is 55.7 Å². The highest BCUT2D eigenvalue weighted by Gasteiger charge is 2.23. The van der Waals surface area contributed by atoms with Crippen LogP contribution in [0.2, 0.25) is 0 Å². The number of hydrogen-bond donors (Lipinski definition) is 1. The Morgan fingerprint density at radius 3 is 2.65 bits per heavy atom. The van der Waals surface area contributed by atoms with Crippen molar-refractivity contribution in [3.8, 4) is 0 Å². The van der Waals surface area contributed by atoms with E-state index < -0.39 is 10.2 Å². The van der Waals surface area contributed by atoms with E-state index in [-0.39, 0.29) is 0 Å².